The lowest BCUT2D eigenvalue weighted by atomic mass is 9.69. The van der Waals surface area contributed by atoms with Crippen molar-refractivity contribution in [2.45, 2.75) is 72.2 Å². The van der Waals surface area contributed by atoms with Crippen molar-refractivity contribution in [2.75, 3.05) is 18.7 Å². The quantitative estimate of drug-likeness (QED) is 0.520. The number of hydrogen-bond donors (Lipinski definition) is 1. The van der Waals surface area contributed by atoms with Gasteiger partial charge >= 0.3 is 5.97 Å². The summed E-state index contributed by atoms with van der Waals surface area (Å²) in [6.07, 6.45) is 6.26. The van der Waals surface area contributed by atoms with Gasteiger partial charge in [-0.25, -0.2) is 4.79 Å². The Labute approximate surface area is 222 Å². The molecule has 1 aromatic carbocycles. The second kappa shape index (κ2) is 9.01. The van der Waals surface area contributed by atoms with Gasteiger partial charge in [0.1, 0.15) is 11.3 Å². The minimum absolute atomic E-state index is 0.0680. The van der Waals surface area contributed by atoms with Crippen molar-refractivity contribution in [3.05, 3.63) is 58.1 Å². The molecule has 0 saturated carbocycles. The minimum atomic E-state index is -1.24. The highest BCUT2D eigenvalue weighted by Gasteiger charge is 2.48. The van der Waals surface area contributed by atoms with Gasteiger partial charge < -0.3 is 19.6 Å². The van der Waals surface area contributed by atoms with Crippen LogP contribution in [0, 0.1) is 5.41 Å². The van der Waals surface area contributed by atoms with Crippen LogP contribution >= 0.6 is 0 Å². The van der Waals surface area contributed by atoms with E-state index in [1.54, 1.807) is 11.8 Å². The van der Waals surface area contributed by atoms with Crippen LogP contribution in [0.15, 0.2) is 41.6 Å². The SMILES string of the molecule is COc1cc2c(cc1-c1cnn(C3CCOC(C)(C)C3(C)C)c1)CN(C(C)C)n1cc(C(=O)O)c(=O)cc1-2. The molecule has 0 bridgehead atoms. The van der Waals surface area contributed by atoms with E-state index in [9.17, 15) is 14.7 Å². The van der Waals surface area contributed by atoms with E-state index >= 15 is 0 Å². The lowest BCUT2D eigenvalue weighted by molar-refractivity contribution is -0.160. The zero-order valence-corrected chi connectivity index (χ0v) is 23.1. The van der Waals surface area contributed by atoms with E-state index in [0.717, 1.165) is 28.7 Å². The van der Waals surface area contributed by atoms with Gasteiger partial charge in [-0.15, -0.1) is 0 Å². The van der Waals surface area contributed by atoms with Gasteiger partial charge in [0, 0.05) is 53.2 Å². The van der Waals surface area contributed by atoms with E-state index in [0.29, 0.717) is 24.6 Å². The number of carboxylic acids is 1. The number of fused-ring (bicyclic) bond motifs is 3. The highest BCUT2D eigenvalue weighted by Crippen LogP contribution is 2.48. The summed E-state index contributed by atoms with van der Waals surface area (Å²) in [6.45, 7) is 14.1. The maximum Gasteiger partial charge on any atom is 0.341 e. The number of aromatic nitrogens is 3. The van der Waals surface area contributed by atoms with Crippen LogP contribution in [0.5, 0.6) is 5.75 Å². The maximum atomic E-state index is 12.6. The number of aromatic carboxylic acids is 1. The smallest absolute Gasteiger partial charge is 0.341 e. The van der Waals surface area contributed by atoms with Crippen LogP contribution in [0.25, 0.3) is 22.4 Å². The Morgan fingerprint density at radius 1 is 1.16 bits per heavy atom. The van der Waals surface area contributed by atoms with Gasteiger partial charge in [0.2, 0.25) is 0 Å². The lowest BCUT2D eigenvalue weighted by Gasteiger charge is -2.50. The first-order valence-electron chi connectivity index (χ1n) is 13.0. The molecule has 1 fully saturated rings. The third-order valence-corrected chi connectivity index (χ3v) is 8.64. The molecule has 202 valence electrons. The molecule has 4 heterocycles. The Hall–Kier alpha value is -3.59. The fourth-order valence-corrected chi connectivity index (χ4v) is 5.65. The number of carboxylic acid groups (broad SMARTS) is 1. The lowest BCUT2D eigenvalue weighted by Crippen LogP contribution is -2.51. The molecule has 9 nitrogen and oxygen atoms in total. The van der Waals surface area contributed by atoms with Gasteiger partial charge in [-0.05, 0) is 51.8 Å². The van der Waals surface area contributed by atoms with Gasteiger partial charge in [0.05, 0.1) is 37.2 Å². The average molecular weight is 521 g/mol. The van der Waals surface area contributed by atoms with Gasteiger partial charge in [-0.2, -0.15) is 5.10 Å². The van der Waals surface area contributed by atoms with Crippen molar-refractivity contribution in [3.8, 4) is 28.1 Å². The van der Waals surface area contributed by atoms with Crippen LogP contribution in [-0.4, -0.2) is 50.9 Å². The van der Waals surface area contributed by atoms with E-state index in [2.05, 4.69) is 49.6 Å². The number of ether oxygens (including phenoxy) is 2. The summed E-state index contributed by atoms with van der Waals surface area (Å²) in [6, 6.07) is 5.69. The molecule has 1 saturated heterocycles. The molecule has 2 aliphatic rings. The number of pyridine rings is 1. The van der Waals surface area contributed by atoms with Gasteiger partial charge in [0.15, 0.2) is 5.43 Å². The first kappa shape index (κ1) is 26.0. The van der Waals surface area contributed by atoms with Crippen LogP contribution in [0.4, 0.5) is 0 Å². The van der Waals surface area contributed by atoms with E-state index in [1.807, 2.05) is 26.1 Å². The molecule has 2 aliphatic heterocycles. The molecule has 5 rings (SSSR count). The first-order chi connectivity index (χ1) is 17.9. The van der Waals surface area contributed by atoms with Crippen molar-refractivity contribution >= 4 is 5.97 Å². The summed E-state index contributed by atoms with van der Waals surface area (Å²) < 4.78 is 15.7. The Morgan fingerprint density at radius 2 is 1.89 bits per heavy atom. The number of benzene rings is 1. The summed E-state index contributed by atoms with van der Waals surface area (Å²) >= 11 is 0. The summed E-state index contributed by atoms with van der Waals surface area (Å²) in [5, 5.41) is 16.3. The average Bonchev–Trinajstić information content (AvgIpc) is 3.33. The Kier molecular flexibility index (Phi) is 6.17. The van der Waals surface area contributed by atoms with Crippen LogP contribution in [0.2, 0.25) is 0 Å². The van der Waals surface area contributed by atoms with Crippen LogP contribution in [0.3, 0.4) is 0 Å². The highest BCUT2D eigenvalue weighted by atomic mass is 16.5. The molecule has 2 aromatic heterocycles. The molecule has 9 heteroatoms. The van der Waals surface area contributed by atoms with Crippen LogP contribution in [-0.2, 0) is 11.3 Å². The van der Waals surface area contributed by atoms with Crippen molar-refractivity contribution in [1.82, 2.24) is 14.5 Å². The number of rotatable bonds is 5. The molecule has 1 N–H and O–H groups in total. The highest BCUT2D eigenvalue weighted by molar-refractivity contribution is 5.88. The molecule has 0 amide bonds. The van der Waals surface area contributed by atoms with Crippen molar-refractivity contribution in [2.24, 2.45) is 5.41 Å². The first-order valence-corrected chi connectivity index (χ1v) is 13.0. The van der Waals surface area contributed by atoms with E-state index in [-0.39, 0.29) is 28.7 Å². The van der Waals surface area contributed by atoms with E-state index in [4.69, 9.17) is 14.6 Å². The van der Waals surface area contributed by atoms with Crippen molar-refractivity contribution in [1.29, 1.82) is 0 Å². The molecule has 0 radical (unpaired) electrons. The second-order valence-corrected chi connectivity index (χ2v) is 11.6. The summed E-state index contributed by atoms with van der Waals surface area (Å²) in [4.78, 5) is 24.3. The van der Waals surface area contributed by atoms with Crippen molar-refractivity contribution < 1.29 is 19.4 Å². The standard InChI is InChI=1S/C29H36N4O5/c1-17(2)32-15-18-10-21(19-13-30-31(14-19)26-8-9-38-29(5,6)28(26,3)4)25(37-7)11-20(18)23-12-24(34)22(27(35)36)16-33(23)32/h10-14,16-17,26H,8-9,15H2,1-7H3,(H,35,36). The fourth-order valence-electron chi connectivity index (χ4n) is 5.65. The Morgan fingerprint density at radius 3 is 2.55 bits per heavy atom. The third kappa shape index (κ3) is 4.00. The fraction of sp³-hybridized carbons (Fsp3) is 0.483. The molecule has 0 aliphatic carbocycles. The summed E-state index contributed by atoms with van der Waals surface area (Å²) in [5.41, 5.74) is 3.20. The monoisotopic (exact) mass is 520 g/mol. The molecular formula is C29H36N4O5. The zero-order valence-electron chi connectivity index (χ0n) is 23.1. The summed E-state index contributed by atoms with van der Waals surface area (Å²) in [5.74, 6) is -0.574. The number of carbonyl (C=O) groups is 1. The Balaban J connectivity index is 1.61. The number of hydrogen-bond acceptors (Lipinski definition) is 6. The molecule has 1 unspecified atom stereocenters. The normalized spacial score (nSPS) is 19.7. The molecule has 3 aromatic rings. The van der Waals surface area contributed by atoms with Gasteiger partial charge in [-0.1, -0.05) is 13.8 Å². The largest absolute Gasteiger partial charge is 0.496 e. The van der Waals surface area contributed by atoms with E-state index in [1.165, 1.54) is 12.3 Å². The minimum Gasteiger partial charge on any atom is -0.496 e. The summed E-state index contributed by atoms with van der Waals surface area (Å²) in [7, 11) is 1.63. The van der Waals surface area contributed by atoms with Crippen LogP contribution < -0.4 is 15.2 Å². The molecular weight excluding hydrogens is 484 g/mol. The maximum absolute atomic E-state index is 12.6. The number of nitrogens with zero attached hydrogens (tertiary/aromatic N) is 4. The van der Waals surface area contributed by atoms with Gasteiger partial charge in [-0.3, -0.25) is 14.2 Å². The molecule has 0 spiro atoms. The predicted octanol–water partition coefficient (Wildman–Crippen LogP) is 4.71. The Bertz CT molecular complexity index is 1470. The number of methoxy groups -OCH3 is 1. The topological polar surface area (TPSA) is 98.8 Å². The van der Waals surface area contributed by atoms with E-state index < -0.39 is 11.4 Å². The van der Waals surface area contributed by atoms with Gasteiger partial charge in [0.25, 0.3) is 0 Å². The third-order valence-electron chi connectivity index (χ3n) is 8.64. The predicted molar refractivity (Wildman–Crippen MR) is 145 cm³/mol. The van der Waals surface area contributed by atoms with Crippen LogP contribution in [0.1, 0.15) is 69.9 Å². The zero-order chi connectivity index (χ0) is 27.6. The van der Waals surface area contributed by atoms with Crippen molar-refractivity contribution in [3.63, 3.8) is 0 Å². The molecule has 1 atom stereocenters. The molecule has 38 heavy (non-hydrogen) atoms. The second-order valence-electron chi connectivity index (χ2n) is 11.6.